The lowest BCUT2D eigenvalue weighted by atomic mass is 10.1. The molecule has 184 valence electrons. The molecule has 2 aromatic carbocycles. The first kappa shape index (κ1) is 24.2. The molecule has 1 saturated heterocycles. The van der Waals surface area contributed by atoms with Gasteiger partial charge in [-0.2, -0.15) is 0 Å². The molecule has 1 fully saturated rings. The lowest BCUT2D eigenvalue weighted by Crippen LogP contribution is -2.41. The average Bonchev–Trinajstić information content (AvgIpc) is 2.91. The largest absolute Gasteiger partial charge is 0.497 e. The van der Waals surface area contributed by atoms with Crippen LogP contribution >= 0.6 is 0 Å². The van der Waals surface area contributed by atoms with Crippen molar-refractivity contribution >= 4 is 5.91 Å². The molecule has 1 aliphatic heterocycles. The van der Waals surface area contributed by atoms with Crippen LogP contribution in [-0.2, 0) is 22.6 Å². The zero-order valence-corrected chi connectivity index (χ0v) is 19.8. The van der Waals surface area contributed by atoms with Gasteiger partial charge in [-0.1, -0.05) is 12.1 Å². The van der Waals surface area contributed by atoms with E-state index >= 15 is 0 Å². The number of benzene rings is 2. The standard InChI is InChI=1S/C25H28N4O6/c1-32-19-5-3-4-17(14-19)16-35-21-8-6-18(15-22(21)33-2)24-26-25(31)20(27-28-24)7-9-23(30)29-10-12-34-13-11-29/h3-6,8,14-15H,7,9-13,16H2,1-2H3,(H,26,28,31). The monoisotopic (exact) mass is 480 g/mol. The molecule has 2 heterocycles. The summed E-state index contributed by atoms with van der Waals surface area (Å²) < 4.78 is 21.9. The summed E-state index contributed by atoms with van der Waals surface area (Å²) in [4.78, 5) is 29.4. The molecule has 10 heteroatoms. The fourth-order valence-electron chi connectivity index (χ4n) is 3.71. The molecule has 0 spiro atoms. The number of carbonyl (C=O) groups excluding carboxylic acids is 1. The van der Waals surface area contributed by atoms with Crippen LogP contribution in [0.4, 0.5) is 0 Å². The van der Waals surface area contributed by atoms with Gasteiger partial charge in [-0.25, -0.2) is 0 Å². The Kier molecular flexibility index (Phi) is 7.94. The summed E-state index contributed by atoms with van der Waals surface area (Å²) in [6, 6.07) is 12.9. The Morgan fingerprint density at radius 1 is 1.06 bits per heavy atom. The van der Waals surface area contributed by atoms with Crippen LogP contribution in [0.15, 0.2) is 47.3 Å². The topological polar surface area (TPSA) is 116 Å². The van der Waals surface area contributed by atoms with Gasteiger partial charge in [-0.15, -0.1) is 10.2 Å². The number of aromatic amines is 1. The van der Waals surface area contributed by atoms with Crippen molar-refractivity contribution in [2.24, 2.45) is 0 Å². The third-order valence-electron chi connectivity index (χ3n) is 5.67. The smallest absolute Gasteiger partial charge is 0.273 e. The molecule has 1 aromatic heterocycles. The number of amides is 1. The summed E-state index contributed by atoms with van der Waals surface area (Å²) >= 11 is 0. The van der Waals surface area contributed by atoms with Crippen molar-refractivity contribution in [2.75, 3.05) is 40.5 Å². The number of aromatic nitrogens is 3. The number of carbonyl (C=O) groups is 1. The second kappa shape index (κ2) is 11.5. The highest BCUT2D eigenvalue weighted by atomic mass is 16.5. The number of nitrogens with one attached hydrogen (secondary N) is 1. The molecule has 1 amide bonds. The predicted octanol–water partition coefficient (Wildman–Crippen LogP) is 2.22. The first-order valence-electron chi connectivity index (χ1n) is 11.3. The van der Waals surface area contributed by atoms with E-state index in [-0.39, 0.29) is 30.0 Å². The van der Waals surface area contributed by atoms with Crippen LogP contribution in [0.3, 0.4) is 0 Å². The maximum Gasteiger partial charge on any atom is 0.273 e. The number of nitrogens with zero attached hydrogens (tertiary/aromatic N) is 3. The Balaban J connectivity index is 1.42. The number of rotatable bonds is 9. The van der Waals surface area contributed by atoms with Gasteiger partial charge < -0.3 is 28.8 Å². The lowest BCUT2D eigenvalue weighted by molar-refractivity contribution is -0.135. The zero-order chi connectivity index (χ0) is 24.6. The van der Waals surface area contributed by atoms with Crippen LogP contribution < -0.4 is 19.8 Å². The van der Waals surface area contributed by atoms with Crippen molar-refractivity contribution in [3.63, 3.8) is 0 Å². The van der Waals surface area contributed by atoms with Gasteiger partial charge in [0.1, 0.15) is 18.1 Å². The Hall–Kier alpha value is -3.92. The molecule has 35 heavy (non-hydrogen) atoms. The van der Waals surface area contributed by atoms with Crippen LogP contribution in [0.25, 0.3) is 11.4 Å². The number of hydrogen-bond donors (Lipinski definition) is 1. The predicted molar refractivity (Wildman–Crippen MR) is 128 cm³/mol. The van der Waals surface area contributed by atoms with Crippen molar-refractivity contribution in [1.29, 1.82) is 0 Å². The van der Waals surface area contributed by atoms with Crippen molar-refractivity contribution < 1.29 is 23.7 Å². The fourth-order valence-corrected chi connectivity index (χ4v) is 3.71. The van der Waals surface area contributed by atoms with Gasteiger partial charge in [0.15, 0.2) is 17.3 Å². The third-order valence-corrected chi connectivity index (χ3v) is 5.67. The maximum absolute atomic E-state index is 12.6. The number of ether oxygens (including phenoxy) is 4. The SMILES string of the molecule is COc1cccc(COc2ccc(-c3nnc(CCC(=O)N4CCOCC4)c(=O)[nH]3)cc2OC)c1. The van der Waals surface area contributed by atoms with E-state index in [1.165, 1.54) is 0 Å². The van der Waals surface area contributed by atoms with Crippen molar-refractivity contribution in [3.05, 3.63) is 64.1 Å². The molecular weight excluding hydrogens is 452 g/mol. The molecule has 1 aliphatic rings. The Bertz CT molecular complexity index is 1220. The molecule has 0 saturated carbocycles. The quantitative estimate of drug-likeness (QED) is 0.496. The summed E-state index contributed by atoms with van der Waals surface area (Å²) in [5.74, 6) is 2.08. The first-order valence-corrected chi connectivity index (χ1v) is 11.3. The third kappa shape index (κ3) is 6.15. The number of hydrogen-bond acceptors (Lipinski definition) is 8. The number of methoxy groups -OCH3 is 2. The lowest BCUT2D eigenvalue weighted by Gasteiger charge is -2.26. The molecule has 0 atom stereocenters. The van der Waals surface area contributed by atoms with Gasteiger partial charge in [0.25, 0.3) is 5.56 Å². The second-order valence-corrected chi connectivity index (χ2v) is 7.95. The van der Waals surface area contributed by atoms with Crippen LogP contribution in [-0.4, -0.2) is 66.5 Å². The van der Waals surface area contributed by atoms with E-state index in [9.17, 15) is 9.59 Å². The van der Waals surface area contributed by atoms with E-state index in [2.05, 4.69) is 15.2 Å². The number of H-pyrrole nitrogens is 1. The minimum Gasteiger partial charge on any atom is -0.497 e. The van der Waals surface area contributed by atoms with Gasteiger partial charge in [0, 0.05) is 31.5 Å². The number of aryl methyl sites for hydroxylation is 1. The fraction of sp³-hybridized carbons (Fsp3) is 0.360. The minimum absolute atomic E-state index is 0.0205. The molecule has 0 unspecified atom stereocenters. The van der Waals surface area contributed by atoms with Gasteiger partial charge in [-0.05, 0) is 35.9 Å². The van der Waals surface area contributed by atoms with Gasteiger partial charge in [-0.3, -0.25) is 9.59 Å². The van der Waals surface area contributed by atoms with Crippen molar-refractivity contribution in [3.8, 4) is 28.6 Å². The minimum atomic E-state index is -0.373. The molecule has 0 radical (unpaired) electrons. The highest BCUT2D eigenvalue weighted by Crippen LogP contribution is 2.31. The molecule has 10 nitrogen and oxygen atoms in total. The van der Waals surface area contributed by atoms with Crippen LogP contribution in [0.5, 0.6) is 17.2 Å². The molecule has 0 bridgehead atoms. The van der Waals surface area contributed by atoms with Crippen molar-refractivity contribution in [2.45, 2.75) is 19.4 Å². The Labute approximate surface area is 202 Å². The zero-order valence-electron chi connectivity index (χ0n) is 19.8. The highest BCUT2D eigenvalue weighted by molar-refractivity contribution is 5.76. The molecular formula is C25H28N4O6. The summed E-state index contributed by atoms with van der Waals surface area (Å²) in [5, 5.41) is 8.23. The molecule has 1 N–H and O–H groups in total. The summed E-state index contributed by atoms with van der Waals surface area (Å²) in [6.45, 7) is 2.55. The molecule has 3 aromatic rings. The van der Waals surface area contributed by atoms with E-state index in [0.717, 1.165) is 11.3 Å². The van der Waals surface area contributed by atoms with Crippen LogP contribution in [0, 0.1) is 0 Å². The summed E-state index contributed by atoms with van der Waals surface area (Å²) in [7, 11) is 3.16. The Morgan fingerprint density at radius 2 is 1.89 bits per heavy atom. The number of morpholine rings is 1. The van der Waals surface area contributed by atoms with E-state index in [1.807, 2.05) is 24.3 Å². The normalized spacial score (nSPS) is 13.4. The van der Waals surface area contributed by atoms with E-state index in [4.69, 9.17) is 18.9 Å². The van der Waals surface area contributed by atoms with E-state index in [1.54, 1.807) is 37.3 Å². The van der Waals surface area contributed by atoms with E-state index in [0.29, 0.717) is 55.8 Å². The van der Waals surface area contributed by atoms with Crippen LogP contribution in [0.1, 0.15) is 17.7 Å². The summed E-state index contributed by atoms with van der Waals surface area (Å²) in [6.07, 6.45) is 0.420. The van der Waals surface area contributed by atoms with Crippen LogP contribution in [0.2, 0.25) is 0 Å². The highest BCUT2D eigenvalue weighted by Gasteiger charge is 2.18. The first-order chi connectivity index (χ1) is 17.1. The van der Waals surface area contributed by atoms with Gasteiger partial charge >= 0.3 is 0 Å². The molecule has 0 aliphatic carbocycles. The second-order valence-electron chi connectivity index (χ2n) is 7.95. The average molecular weight is 481 g/mol. The van der Waals surface area contributed by atoms with Gasteiger partial charge in [0.05, 0.1) is 27.4 Å². The van der Waals surface area contributed by atoms with Gasteiger partial charge in [0.2, 0.25) is 5.91 Å². The molecule has 4 rings (SSSR count). The maximum atomic E-state index is 12.6. The Morgan fingerprint density at radius 3 is 2.63 bits per heavy atom. The van der Waals surface area contributed by atoms with Crippen molar-refractivity contribution in [1.82, 2.24) is 20.1 Å². The summed E-state index contributed by atoms with van der Waals surface area (Å²) in [5.41, 5.74) is 1.42. The van der Waals surface area contributed by atoms with E-state index < -0.39 is 0 Å².